The zero-order valence-corrected chi connectivity index (χ0v) is 18.2. The van der Waals surface area contributed by atoms with Crippen LogP contribution in [0.15, 0.2) is 24.4 Å². The Hall–Kier alpha value is -2.46. The molecule has 2 N–H and O–H groups in total. The summed E-state index contributed by atoms with van der Waals surface area (Å²) >= 11 is 0. The zero-order valence-electron chi connectivity index (χ0n) is 18.2. The molecule has 0 unspecified atom stereocenters. The molecule has 0 fully saturated rings. The third-order valence-corrected chi connectivity index (χ3v) is 4.46. The summed E-state index contributed by atoms with van der Waals surface area (Å²) in [7, 11) is 4.05. The van der Waals surface area contributed by atoms with Crippen molar-refractivity contribution in [2.24, 2.45) is 0 Å². The fourth-order valence-electron chi connectivity index (χ4n) is 2.88. The molecule has 0 radical (unpaired) electrons. The number of nitrogens with one attached hydrogen (secondary N) is 1. The fraction of sp³-hybridized carbons (Fsp3) is 0.545. The summed E-state index contributed by atoms with van der Waals surface area (Å²) in [6, 6.07) is 5.63. The van der Waals surface area contributed by atoms with Gasteiger partial charge in [-0.1, -0.05) is 6.07 Å². The van der Waals surface area contributed by atoms with E-state index >= 15 is 0 Å². The van der Waals surface area contributed by atoms with Gasteiger partial charge in [-0.15, -0.1) is 0 Å². The third-order valence-electron chi connectivity index (χ3n) is 4.46. The molecule has 1 heterocycles. The minimum absolute atomic E-state index is 0.0187. The predicted octanol–water partition coefficient (Wildman–Crippen LogP) is 2.09. The first-order valence-electron chi connectivity index (χ1n) is 10.4. The summed E-state index contributed by atoms with van der Waals surface area (Å²) < 4.78 is 21.4. The van der Waals surface area contributed by atoms with Crippen LogP contribution in [-0.4, -0.2) is 87.2 Å². The van der Waals surface area contributed by atoms with Gasteiger partial charge in [0.1, 0.15) is 5.75 Å². The molecule has 0 spiro atoms. The Morgan fingerprint density at radius 1 is 0.968 bits per heavy atom. The fourth-order valence-corrected chi connectivity index (χ4v) is 2.88. The minimum Gasteiger partial charge on any atom is -0.481 e. The second kappa shape index (κ2) is 13.8. The van der Waals surface area contributed by atoms with Gasteiger partial charge in [0.25, 0.3) is 0 Å². The number of aromatic amines is 1. The van der Waals surface area contributed by atoms with Crippen molar-refractivity contribution in [1.82, 2.24) is 9.88 Å². The Morgan fingerprint density at radius 2 is 1.61 bits per heavy atom. The lowest BCUT2D eigenvalue weighted by Gasteiger charge is -2.10. The molecule has 0 atom stereocenters. The van der Waals surface area contributed by atoms with E-state index in [4.69, 9.17) is 24.1 Å². The summed E-state index contributed by atoms with van der Waals surface area (Å²) in [6.07, 6.45) is 2.95. The predicted molar refractivity (Wildman–Crippen MR) is 116 cm³/mol. The Bertz CT molecular complexity index is 819. The average Bonchev–Trinajstić information content (AvgIpc) is 3.14. The number of aliphatic carboxylic acids is 1. The van der Waals surface area contributed by atoms with E-state index in [2.05, 4.69) is 9.88 Å². The van der Waals surface area contributed by atoms with Crippen LogP contribution in [0, 0.1) is 0 Å². The number of ether oxygens (including phenoxy) is 4. The molecule has 172 valence electrons. The highest BCUT2D eigenvalue weighted by Crippen LogP contribution is 2.29. The largest absolute Gasteiger partial charge is 0.481 e. The first kappa shape index (κ1) is 24.8. The monoisotopic (exact) mass is 436 g/mol. The number of hydrogen-bond donors (Lipinski definition) is 2. The smallest absolute Gasteiger partial charge is 0.313 e. The van der Waals surface area contributed by atoms with Crippen LogP contribution in [0.25, 0.3) is 10.9 Å². The number of carboxylic acid groups (broad SMARTS) is 1. The molecular formula is C22H32N2O7. The first-order chi connectivity index (χ1) is 15.0. The van der Waals surface area contributed by atoms with Gasteiger partial charge in [0.2, 0.25) is 0 Å². The van der Waals surface area contributed by atoms with Gasteiger partial charge in [-0.25, -0.2) is 0 Å². The lowest BCUT2D eigenvalue weighted by molar-refractivity contribution is -0.138. The Balaban J connectivity index is 1.64. The number of rotatable bonds is 16. The van der Waals surface area contributed by atoms with Gasteiger partial charge in [0.15, 0.2) is 0 Å². The molecule has 0 saturated heterocycles. The van der Waals surface area contributed by atoms with Gasteiger partial charge in [0, 0.05) is 23.6 Å². The van der Waals surface area contributed by atoms with Crippen LogP contribution >= 0.6 is 0 Å². The van der Waals surface area contributed by atoms with E-state index in [9.17, 15) is 9.59 Å². The van der Waals surface area contributed by atoms with Crippen molar-refractivity contribution < 1.29 is 33.6 Å². The molecule has 0 amide bonds. The van der Waals surface area contributed by atoms with E-state index in [0.29, 0.717) is 32.2 Å². The summed E-state index contributed by atoms with van der Waals surface area (Å²) in [4.78, 5) is 27.9. The first-order valence-corrected chi connectivity index (χ1v) is 10.4. The number of esters is 1. The second-order valence-electron chi connectivity index (χ2n) is 7.25. The molecular weight excluding hydrogens is 404 g/mol. The molecule has 1 aromatic heterocycles. The number of aromatic nitrogens is 1. The summed E-state index contributed by atoms with van der Waals surface area (Å²) in [6.45, 7) is 2.74. The van der Waals surface area contributed by atoms with Crippen molar-refractivity contribution >= 4 is 22.8 Å². The minimum atomic E-state index is -0.887. The number of carbonyl (C=O) groups is 2. The van der Waals surface area contributed by atoms with Gasteiger partial charge < -0.3 is 33.9 Å². The number of carboxylic acids is 1. The second-order valence-corrected chi connectivity index (χ2v) is 7.25. The number of benzene rings is 1. The number of H-pyrrole nitrogens is 1. The summed E-state index contributed by atoms with van der Waals surface area (Å²) in [5.41, 5.74) is 2.06. The van der Waals surface area contributed by atoms with Crippen LogP contribution in [0.5, 0.6) is 5.75 Å². The van der Waals surface area contributed by atoms with Crippen molar-refractivity contribution in [3.63, 3.8) is 0 Å². The standard InChI is InChI=1S/C22H32N2O7/c1-24(2)9-6-17-16-23-18-4-3-5-19(22(17)18)31-21(27)8-11-29-13-15-30-14-12-28-10-7-20(25)26/h3-5,16,23H,6-15H2,1-2H3,(H,25,26). The lowest BCUT2D eigenvalue weighted by Crippen LogP contribution is -2.15. The molecule has 9 nitrogen and oxygen atoms in total. The Morgan fingerprint density at radius 3 is 2.26 bits per heavy atom. The van der Waals surface area contributed by atoms with E-state index in [1.54, 1.807) is 6.07 Å². The van der Waals surface area contributed by atoms with E-state index in [1.165, 1.54) is 0 Å². The van der Waals surface area contributed by atoms with Crippen molar-refractivity contribution in [3.05, 3.63) is 30.0 Å². The van der Waals surface area contributed by atoms with Crippen molar-refractivity contribution in [2.75, 3.05) is 60.3 Å². The van der Waals surface area contributed by atoms with Gasteiger partial charge in [0.05, 0.1) is 52.5 Å². The van der Waals surface area contributed by atoms with Gasteiger partial charge in [-0.2, -0.15) is 0 Å². The van der Waals surface area contributed by atoms with Crippen LogP contribution in [0.3, 0.4) is 0 Å². The number of likely N-dealkylation sites (N-methyl/N-ethyl adjacent to an activating group) is 1. The molecule has 1 aromatic carbocycles. The molecule has 0 aliphatic rings. The van der Waals surface area contributed by atoms with Gasteiger partial charge in [-0.05, 0) is 38.2 Å². The highest BCUT2D eigenvalue weighted by atomic mass is 16.6. The maximum atomic E-state index is 12.2. The van der Waals surface area contributed by atoms with Crippen molar-refractivity contribution in [1.29, 1.82) is 0 Å². The molecule has 2 rings (SSSR count). The lowest BCUT2D eigenvalue weighted by atomic mass is 10.1. The maximum Gasteiger partial charge on any atom is 0.313 e. The van der Waals surface area contributed by atoms with Crippen LogP contribution in [0.2, 0.25) is 0 Å². The molecule has 2 aromatic rings. The van der Waals surface area contributed by atoms with E-state index in [1.807, 2.05) is 32.4 Å². The summed E-state index contributed by atoms with van der Waals surface area (Å²) in [5.74, 6) is -0.675. The SMILES string of the molecule is CN(C)CCc1c[nH]c2cccc(OC(=O)CCOCCOCCOCCC(=O)O)c12. The van der Waals surface area contributed by atoms with Crippen LogP contribution in [0.1, 0.15) is 18.4 Å². The quantitative estimate of drug-likeness (QED) is 0.234. The Kier molecular flexibility index (Phi) is 11.0. The van der Waals surface area contributed by atoms with Crippen molar-refractivity contribution in [3.8, 4) is 5.75 Å². The third kappa shape index (κ3) is 9.48. The number of fused-ring (bicyclic) bond motifs is 1. The van der Waals surface area contributed by atoms with Gasteiger partial charge >= 0.3 is 11.9 Å². The Labute approximate surface area is 182 Å². The maximum absolute atomic E-state index is 12.2. The number of carbonyl (C=O) groups excluding carboxylic acids is 1. The highest BCUT2D eigenvalue weighted by Gasteiger charge is 2.13. The van der Waals surface area contributed by atoms with Crippen LogP contribution in [0.4, 0.5) is 0 Å². The topological polar surface area (TPSA) is 110 Å². The van der Waals surface area contributed by atoms with Crippen LogP contribution in [-0.2, 0) is 30.2 Å². The summed E-state index contributed by atoms with van der Waals surface area (Å²) in [5, 5.41) is 9.43. The highest BCUT2D eigenvalue weighted by molar-refractivity contribution is 5.91. The number of nitrogens with zero attached hydrogens (tertiary/aromatic N) is 1. The zero-order chi connectivity index (χ0) is 22.5. The van der Waals surface area contributed by atoms with Gasteiger partial charge in [-0.3, -0.25) is 9.59 Å². The average molecular weight is 437 g/mol. The normalized spacial score (nSPS) is 11.3. The molecule has 31 heavy (non-hydrogen) atoms. The molecule has 0 saturated carbocycles. The van der Waals surface area contributed by atoms with Crippen LogP contribution < -0.4 is 4.74 Å². The molecule has 0 aliphatic heterocycles. The van der Waals surface area contributed by atoms with Crippen molar-refractivity contribution in [2.45, 2.75) is 19.3 Å². The molecule has 0 bridgehead atoms. The van der Waals surface area contributed by atoms with E-state index in [0.717, 1.165) is 29.4 Å². The van der Waals surface area contributed by atoms with E-state index in [-0.39, 0.29) is 32.0 Å². The molecule has 9 heteroatoms. The molecule has 0 aliphatic carbocycles. The number of hydrogen-bond acceptors (Lipinski definition) is 7. The van der Waals surface area contributed by atoms with E-state index < -0.39 is 5.97 Å².